The maximum absolute atomic E-state index is 12.0. The highest BCUT2D eigenvalue weighted by atomic mass is 16.7. The average molecular weight is 411 g/mol. The van der Waals surface area contributed by atoms with Crippen molar-refractivity contribution < 1.29 is 14.3 Å². The van der Waals surface area contributed by atoms with Gasteiger partial charge < -0.3 is 25.4 Å². The molecule has 0 aliphatic carbocycles. The number of aliphatic imine (C=N–C) groups is 1. The Kier molecular flexibility index (Phi) is 7.54. The Balaban J connectivity index is 1.45. The summed E-state index contributed by atoms with van der Waals surface area (Å²) in [4.78, 5) is 16.2. The number of ether oxygens (including phenoxy) is 2. The molecule has 0 aromatic heterocycles. The van der Waals surface area contributed by atoms with Gasteiger partial charge in [0.1, 0.15) is 0 Å². The maximum Gasteiger partial charge on any atom is 0.231 e. The summed E-state index contributed by atoms with van der Waals surface area (Å²) in [6.45, 7) is 5.70. The normalized spacial score (nSPS) is 12.7. The Labute approximate surface area is 177 Å². The van der Waals surface area contributed by atoms with Crippen molar-refractivity contribution >= 4 is 17.6 Å². The molecule has 1 aliphatic rings. The molecule has 1 amide bonds. The van der Waals surface area contributed by atoms with E-state index in [-0.39, 0.29) is 12.7 Å². The van der Waals surface area contributed by atoms with Crippen molar-refractivity contribution in [1.29, 1.82) is 0 Å². The molecule has 160 valence electrons. The highest BCUT2D eigenvalue weighted by molar-refractivity contribution is 5.90. The smallest absolute Gasteiger partial charge is 0.231 e. The molecule has 30 heavy (non-hydrogen) atoms. The van der Waals surface area contributed by atoms with Gasteiger partial charge in [-0.3, -0.25) is 9.79 Å². The van der Waals surface area contributed by atoms with Gasteiger partial charge in [0.2, 0.25) is 12.7 Å². The molecule has 2 aromatic rings. The summed E-state index contributed by atoms with van der Waals surface area (Å²) < 4.78 is 10.8. The number of carbonyl (C=O) groups excluding carboxylic acids is 1. The number of nitrogens with zero attached hydrogens (tertiary/aromatic N) is 1. The molecule has 0 fully saturated rings. The average Bonchev–Trinajstić information content (AvgIpc) is 3.18. The molecule has 7 heteroatoms. The van der Waals surface area contributed by atoms with Crippen molar-refractivity contribution in [3.8, 4) is 11.5 Å². The topological polar surface area (TPSA) is 84.0 Å². The van der Waals surface area contributed by atoms with Crippen molar-refractivity contribution in [3.63, 3.8) is 0 Å². The van der Waals surface area contributed by atoms with E-state index in [9.17, 15) is 4.79 Å². The summed E-state index contributed by atoms with van der Waals surface area (Å²) in [6, 6.07) is 13.8. The van der Waals surface area contributed by atoms with Crippen LogP contribution in [0.2, 0.25) is 0 Å². The van der Waals surface area contributed by atoms with Crippen LogP contribution in [0.15, 0.2) is 47.5 Å². The van der Waals surface area contributed by atoms with Gasteiger partial charge >= 0.3 is 0 Å². The number of nitrogens with one attached hydrogen (secondary N) is 3. The third-order valence-corrected chi connectivity index (χ3v) is 4.63. The van der Waals surface area contributed by atoms with E-state index in [0.717, 1.165) is 41.7 Å². The Hall–Kier alpha value is -3.22. The number of carbonyl (C=O) groups is 1. The van der Waals surface area contributed by atoms with Crippen LogP contribution in [0.1, 0.15) is 31.4 Å². The molecule has 0 radical (unpaired) electrons. The van der Waals surface area contributed by atoms with Crippen molar-refractivity contribution in [2.24, 2.45) is 10.9 Å². The number of hydrogen-bond donors (Lipinski definition) is 3. The molecule has 0 unspecified atom stereocenters. The third kappa shape index (κ3) is 6.40. The molecule has 0 atom stereocenters. The fourth-order valence-corrected chi connectivity index (χ4v) is 3.17. The molecule has 3 N–H and O–H groups in total. The summed E-state index contributed by atoms with van der Waals surface area (Å²) in [5, 5.41) is 9.58. The van der Waals surface area contributed by atoms with Crippen LogP contribution in [-0.2, 0) is 17.8 Å². The summed E-state index contributed by atoms with van der Waals surface area (Å²) in [6.07, 6.45) is 1.36. The fraction of sp³-hybridized carbons (Fsp3) is 0.391. The molecule has 2 aromatic carbocycles. The second kappa shape index (κ2) is 10.5. The van der Waals surface area contributed by atoms with E-state index in [4.69, 9.17) is 9.47 Å². The minimum absolute atomic E-state index is 0.0381. The highest BCUT2D eigenvalue weighted by Gasteiger charge is 2.13. The Bertz CT molecular complexity index is 896. The lowest BCUT2D eigenvalue weighted by atomic mass is 10.1. The lowest BCUT2D eigenvalue weighted by molar-refractivity contribution is -0.116. The first-order valence-electron chi connectivity index (χ1n) is 10.3. The molecule has 3 rings (SSSR count). The van der Waals surface area contributed by atoms with E-state index in [0.29, 0.717) is 18.9 Å². The van der Waals surface area contributed by atoms with Gasteiger partial charge in [-0.25, -0.2) is 0 Å². The maximum atomic E-state index is 12.0. The molecule has 0 saturated heterocycles. The van der Waals surface area contributed by atoms with E-state index in [1.165, 1.54) is 5.56 Å². The van der Waals surface area contributed by atoms with Crippen LogP contribution in [-0.4, -0.2) is 32.3 Å². The second-order valence-electron chi connectivity index (χ2n) is 7.64. The zero-order valence-electron chi connectivity index (χ0n) is 17.8. The van der Waals surface area contributed by atoms with Gasteiger partial charge in [0.05, 0.1) is 0 Å². The first kappa shape index (κ1) is 21.5. The molecule has 7 nitrogen and oxygen atoms in total. The molecule has 0 spiro atoms. The van der Waals surface area contributed by atoms with Crippen LogP contribution in [0.25, 0.3) is 0 Å². The molecular weight excluding hydrogens is 380 g/mol. The predicted molar refractivity (Wildman–Crippen MR) is 119 cm³/mol. The predicted octanol–water partition coefficient (Wildman–Crippen LogP) is 3.31. The zero-order valence-corrected chi connectivity index (χ0v) is 17.8. The van der Waals surface area contributed by atoms with Crippen molar-refractivity contribution in [3.05, 3.63) is 53.6 Å². The minimum atomic E-state index is 0.0381. The number of rotatable bonds is 8. The molecule has 0 bridgehead atoms. The largest absolute Gasteiger partial charge is 0.454 e. The van der Waals surface area contributed by atoms with E-state index >= 15 is 0 Å². The standard InChI is InChI=1S/C23H30N4O3/c1-16(2)11-22(28)27-19-6-4-5-18(12-19)14-26-23(24-3)25-10-9-17-7-8-20-21(13-17)30-15-29-20/h4-8,12-13,16H,9-11,14-15H2,1-3H3,(H,27,28)(H2,24,25,26). The van der Waals surface area contributed by atoms with Crippen LogP contribution in [0, 0.1) is 5.92 Å². The Morgan fingerprint density at radius 2 is 1.90 bits per heavy atom. The van der Waals surface area contributed by atoms with Gasteiger partial charge in [-0.1, -0.05) is 32.0 Å². The third-order valence-electron chi connectivity index (χ3n) is 4.63. The van der Waals surface area contributed by atoms with Crippen molar-refractivity contribution in [1.82, 2.24) is 10.6 Å². The van der Waals surface area contributed by atoms with Crippen LogP contribution >= 0.6 is 0 Å². The summed E-state index contributed by atoms with van der Waals surface area (Å²) >= 11 is 0. The van der Waals surface area contributed by atoms with Gasteiger partial charge in [-0.05, 0) is 47.7 Å². The first-order valence-corrected chi connectivity index (χ1v) is 10.3. The molecule has 1 aliphatic heterocycles. The summed E-state index contributed by atoms with van der Waals surface area (Å²) in [5.41, 5.74) is 3.05. The number of amides is 1. The summed E-state index contributed by atoms with van der Waals surface area (Å²) in [7, 11) is 1.75. The van der Waals surface area contributed by atoms with Crippen LogP contribution in [0.5, 0.6) is 11.5 Å². The number of benzene rings is 2. The van der Waals surface area contributed by atoms with Crippen LogP contribution in [0.3, 0.4) is 0 Å². The molecule has 0 saturated carbocycles. The molecule has 1 heterocycles. The lowest BCUT2D eigenvalue weighted by Gasteiger charge is -2.13. The number of hydrogen-bond acceptors (Lipinski definition) is 4. The van der Waals surface area contributed by atoms with Gasteiger partial charge in [0.15, 0.2) is 17.5 Å². The van der Waals surface area contributed by atoms with Gasteiger partial charge in [-0.2, -0.15) is 0 Å². The van der Waals surface area contributed by atoms with E-state index in [2.05, 4.69) is 20.9 Å². The van der Waals surface area contributed by atoms with Crippen molar-refractivity contribution in [2.45, 2.75) is 33.2 Å². The first-order chi connectivity index (χ1) is 14.5. The zero-order chi connectivity index (χ0) is 21.3. The monoisotopic (exact) mass is 410 g/mol. The molecular formula is C23H30N4O3. The quantitative estimate of drug-likeness (QED) is 0.459. The van der Waals surface area contributed by atoms with Gasteiger partial charge in [0.25, 0.3) is 0 Å². The van der Waals surface area contributed by atoms with Crippen LogP contribution < -0.4 is 25.4 Å². The number of fused-ring (bicyclic) bond motifs is 1. The minimum Gasteiger partial charge on any atom is -0.454 e. The van der Waals surface area contributed by atoms with Gasteiger partial charge in [0, 0.05) is 32.2 Å². The van der Waals surface area contributed by atoms with Crippen LogP contribution in [0.4, 0.5) is 5.69 Å². The number of anilines is 1. The second-order valence-corrected chi connectivity index (χ2v) is 7.64. The van der Waals surface area contributed by atoms with E-state index in [1.54, 1.807) is 7.05 Å². The van der Waals surface area contributed by atoms with Crippen molar-refractivity contribution in [2.75, 3.05) is 25.7 Å². The number of guanidine groups is 1. The Morgan fingerprint density at radius 3 is 2.70 bits per heavy atom. The highest BCUT2D eigenvalue weighted by Crippen LogP contribution is 2.32. The van der Waals surface area contributed by atoms with E-state index < -0.39 is 0 Å². The SMILES string of the molecule is CN=C(NCCc1ccc2c(c1)OCO2)NCc1cccc(NC(=O)CC(C)C)c1. The van der Waals surface area contributed by atoms with Gasteiger partial charge in [-0.15, -0.1) is 0 Å². The fourth-order valence-electron chi connectivity index (χ4n) is 3.17. The Morgan fingerprint density at radius 1 is 1.07 bits per heavy atom. The summed E-state index contributed by atoms with van der Waals surface area (Å²) in [5.74, 6) is 2.70. The lowest BCUT2D eigenvalue weighted by Crippen LogP contribution is -2.37. The van der Waals surface area contributed by atoms with E-state index in [1.807, 2.05) is 56.3 Å².